The Bertz CT molecular complexity index is 836. The van der Waals surface area contributed by atoms with Crippen LogP contribution in [-0.2, 0) is 6.54 Å². The number of pyridine rings is 1. The second kappa shape index (κ2) is 6.74. The maximum Gasteiger partial charge on any atom is 0.254 e. The SMILES string of the molecule is CCN(Cc1cnc2ccccn12)C(=O)c1ccc(N(C)C)cc1. The predicted octanol–water partition coefficient (Wildman–Crippen LogP) is 3.06. The van der Waals surface area contributed by atoms with E-state index >= 15 is 0 Å². The lowest BCUT2D eigenvalue weighted by Gasteiger charge is -2.21. The van der Waals surface area contributed by atoms with Gasteiger partial charge in [-0.15, -0.1) is 0 Å². The Morgan fingerprint density at radius 2 is 1.88 bits per heavy atom. The minimum Gasteiger partial charge on any atom is -0.378 e. The molecule has 5 nitrogen and oxygen atoms in total. The Labute approximate surface area is 142 Å². The van der Waals surface area contributed by atoms with Crippen LogP contribution in [0.25, 0.3) is 5.65 Å². The van der Waals surface area contributed by atoms with E-state index in [4.69, 9.17) is 0 Å². The number of nitrogens with zero attached hydrogens (tertiary/aromatic N) is 4. The molecule has 0 aliphatic rings. The van der Waals surface area contributed by atoms with Crippen LogP contribution >= 0.6 is 0 Å². The molecule has 0 aliphatic carbocycles. The molecule has 124 valence electrons. The highest BCUT2D eigenvalue weighted by Gasteiger charge is 2.16. The van der Waals surface area contributed by atoms with Crippen LogP contribution in [0.3, 0.4) is 0 Å². The maximum atomic E-state index is 12.8. The Hall–Kier alpha value is -2.82. The fraction of sp³-hybridized carbons (Fsp3) is 0.263. The minimum atomic E-state index is 0.0358. The summed E-state index contributed by atoms with van der Waals surface area (Å²) in [7, 11) is 3.97. The number of carbonyl (C=O) groups excluding carboxylic acids is 1. The van der Waals surface area contributed by atoms with E-state index in [-0.39, 0.29) is 5.91 Å². The second-order valence-electron chi connectivity index (χ2n) is 5.94. The number of carbonyl (C=O) groups is 1. The molecule has 0 bridgehead atoms. The fourth-order valence-corrected chi connectivity index (χ4v) is 2.71. The lowest BCUT2D eigenvalue weighted by molar-refractivity contribution is 0.0750. The van der Waals surface area contributed by atoms with Crippen LogP contribution in [-0.4, -0.2) is 40.8 Å². The van der Waals surface area contributed by atoms with Crippen molar-refractivity contribution in [3.8, 4) is 0 Å². The summed E-state index contributed by atoms with van der Waals surface area (Å²) >= 11 is 0. The lowest BCUT2D eigenvalue weighted by Crippen LogP contribution is -2.30. The number of amides is 1. The van der Waals surface area contributed by atoms with Gasteiger partial charge in [-0.3, -0.25) is 4.79 Å². The van der Waals surface area contributed by atoms with Gasteiger partial charge in [0.25, 0.3) is 5.91 Å². The summed E-state index contributed by atoms with van der Waals surface area (Å²) in [5, 5.41) is 0. The van der Waals surface area contributed by atoms with Gasteiger partial charge in [0.2, 0.25) is 0 Å². The van der Waals surface area contributed by atoms with Gasteiger partial charge in [-0.1, -0.05) is 6.07 Å². The Morgan fingerprint density at radius 1 is 1.12 bits per heavy atom. The fourth-order valence-electron chi connectivity index (χ4n) is 2.71. The summed E-state index contributed by atoms with van der Waals surface area (Å²) < 4.78 is 2.02. The smallest absolute Gasteiger partial charge is 0.254 e. The molecule has 0 radical (unpaired) electrons. The number of hydrogen-bond acceptors (Lipinski definition) is 3. The first-order valence-corrected chi connectivity index (χ1v) is 8.07. The van der Waals surface area contributed by atoms with Crippen molar-refractivity contribution in [1.29, 1.82) is 0 Å². The molecule has 3 aromatic rings. The molecule has 0 saturated carbocycles. The van der Waals surface area contributed by atoms with E-state index in [9.17, 15) is 4.79 Å². The molecule has 0 unspecified atom stereocenters. The summed E-state index contributed by atoms with van der Waals surface area (Å²) in [4.78, 5) is 21.0. The summed E-state index contributed by atoms with van der Waals surface area (Å²) in [5.74, 6) is 0.0358. The molecule has 2 heterocycles. The van der Waals surface area contributed by atoms with Gasteiger partial charge in [-0.2, -0.15) is 0 Å². The van der Waals surface area contributed by atoms with Crippen LogP contribution in [0.15, 0.2) is 54.9 Å². The van der Waals surface area contributed by atoms with Gasteiger partial charge in [0.15, 0.2) is 0 Å². The zero-order chi connectivity index (χ0) is 17.1. The predicted molar refractivity (Wildman–Crippen MR) is 96.4 cm³/mol. The number of anilines is 1. The molecule has 0 N–H and O–H groups in total. The highest BCUT2D eigenvalue weighted by molar-refractivity contribution is 5.94. The molecule has 3 rings (SSSR count). The zero-order valence-corrected chi connectivity index (χ0v) is 14.3. The molecule has 0 saturated heterocycles. The molecular formula is C19H22N4O. The highest BCUT2D eigenvalue weighted by atomic mass is 16.2. The van der Waals surface area contributed by atoms with Crippen LogP contribution in [0.5, 0.6) is 0 Å². The standard InChI is InChI=1S/C19H22N4O/c1-4-22(14-17-13-20-18-7-5-6-12-23(17)18)19(24)15-8-10-16(11-9-15)21(2)3/h5-13H,4,14H2,1-3H3. The van der Waals surface area contributed by atoms with Crippen LogP contribution < -0.4 is 4.90 Å². The van der Waals surface area contributed by atoms with Gasteiger partial charge >= 0.3 is 0 Å². The molecular weight excluding hydrogens is 300 g/mol. The molecule has 0 aliphatic heterocycles. The Morgan fingerprint density at radius 3 is 2.54 bits per heavy atom. The molecule has 0 fully saturated rings. The van der Waals surface area contributed by atoms with E-state index in [1.807, 2.05) is 90.1 Å². The number of benzene rings is 1. The third-order valence-electron chi connectivity index (χ3n) is 4.15. The van der Waals surface area contributed by atoms with E-state index in [1.165, 1.54) is 0 Å². The Kier molecular flexibility index (Phi) is 4.51. The first-order chi connectivity index (χ1) is 11.6. The number of hydrogen-bond donors (Lipinski definition) is 0. The van der Waals surface area contributed by atoms with Gasteiger partial charge < -0.3 is 14.2 Å². The van der Waals surface area contributed by atoms with Crippen molar-refractivity contribution in [2.24, 2.45) is 0 Å². The zero-order valence-electron chi connectivity index (χ0n) is 14.3. The van der Waals surface area contributed by atoms with Crippen LogP contribution in [0.1, 0.15) is 23.0 Å². The van der Waals surface area contributed by atoms with E-state index in [0.29, 0.717) is 18.7 Å². The van der Waals surface area contributed by atoms with Gasteiger partial charge in [0, 0.05) is 38.1 Å². The van der Waals surface area contributed by atoms with Crippen molar-refractivity contribution in [3.63, 3.8) is 0 Å². The average molecular weight is 322 g/mol. The molecule has 2 aromatic heterocycles. The summed E-state index contributed by atoms with van der Waals surface area (Å²) in [6.07, 6.45) is 3.81. The lowest BCUT2D eigenvalue weighted by atomic mass is 10.1. The topological polar surface area (TPSA) is 40.9 Å². The van der Waals surface area contributed by atoms with Crippen LogP contribution in [0, 0.1) is 0 Å². The maximum absolute atomic E-state index is 12.8. The third kappa shape index (κ3) is 3.11. The minimum absolute atomic E-state index is 0.0358. The van der Waals surface area contributed by atoms with Gasteiger partial charge in [0.05, 0.1) is 18.4 Å². The second-order valence-corrected chi connectivity index (χ2v) is 5.94. The number of imidazole rings is 1. The van der Waals surface area contributed by atoms with Crippen molar-refractivity contribution in [1.82, 2.24) is 14.3 Å². The summed E-state index contributed by atoms with van der Waals surface area (Å²) in [6, 6.07) is 13.6. The molecule has 5 heteroatoms. The van der Waals surface area contributed by atoms with E-state index in [1.54, 1.807) is 0 Å². The first-order valence-electron chi connectivity index (χ1n) is 8.07. The molecule has 0 atom stereocenters. The largest absolute Gasteiger partial charge is 0.378 e. The molecule has 1 amide bonds. The van der Waals surface area contributed by atoms with Crippen LogP contribution in [0.4, 0.5) is 5.69 Å². The molecule has 1 aromatic carbocycles. The van der Waals surface area contributed by atoms with Crippen LogP contribution in [0.2, 0.25) is 0 Å². The van der Waals surface area contributed by atoms with Crippen molar-refractivity contribution < 1.29 is 4.79 Å². The quantitative estimate of drug-likeness (QED) is 0.725. The normalized spacial score (nSPS) is 10.8. The van der Waals surface area contributed by atoms with Gasteiger partial charge in [0.1, 0.15) is 5.65 Å². The van der Waals surface area contributed by atoms with Crippen molar-refractivity contribution in [2.45, 2.75) is 13.5 Å². The van der Waals surface area contributed by atoms with Gasteiger partial charge in [-0.25, -0.2) is 4.98 Å². The third-order valence-corrected chi connectivity index (χ3v) is 4.15. The average Bonchev–Trinajstić information content (AvgIpc) is 3.02. The summed E-state index contributed by atoms with van der Waals surface area (Å²) in [5.41, 5.74) is 3.68. The van der Waals surface area contributed by atoms with E-state index < -0.39 is 0 Å². The molecule has 24 heavy (non-hydrogen) atoms. The molecule has 0 spiro atoms. The number of aromatic nitrogens is 2. The monoisotopic (exact) mass is 322 g/mol. The number of fused-ring (bicyclic) bond motifs is 1. The van der Waals surface area contributed by atoms with E-state index in [2.05, 4.69) is 4.98 Å². The van der Waals surface area contributed by atoms with E-state index in [0.717, 1.165) is 17.0 Å². The van der Waals surface area contributed by atoms with Gasteiger partial charge in [-0.05, 0) is 43.3 Å². The van der Waals surface area contributed by atoms with Crippen molar-refractivity contribution in [2.75, 3.05) is 25.5 Å². The van der Waals surface area contributed by atoms with Crippen molar-refractivity contribution in [3.05, 3.63) is 66.1 Å². The Balaban J connectivity index is 1.81. The first kappa shape index (κ1) is 16.1. The van der Waals surface area contributed by atoms with Crippen molar-refractivity contribution >= 4 is 17.2 Å². The highest BCUT2D eigenvalue weighted by Crippen LogP contribution is 2.16. The number of rotatable bonds is 5. The summed E-state index contributed by atoms with van der Waals surface area (Å²) in [6.45, 7) is 3.18.